The molecule has 0 aliphatic rings. The van der Waals surface area contributed by atoms with Crippen LogP contribution in [0.4, 0.5) is 0 Å². The maximum absolute atomic E-state index is 5.88. The molecule has 0 saturated heterocycles. The zero-order chi connectivity index (χ0) is 15.9. The van der Waals surface area contributed by atoms with E-state index in [4.69, 9.17) is 21.1 Å². The average molecular weight is 421 g/mol. The van der Waals surface area contributed by atoms with E-state index >= 15 is 0 Å². The summed E-state index contributed by atoms with van der Waals surface area (Å²) < 4.78 is 11.6. The number of ether oxygens (including phenoxy) is 2. The molecule has 0 aliphatic carbocycles. The summed E-state index contributed by atoms with van der Waals surface area (Å²) in [5.41, 5.74) is 2.41. The fourth-order valence-electron chi connectivity index (χ4n) is 2.19. The first-order chi connectivity index (χ1) is 10.6. The second-order valence-electron chi connectivity index (χ2n) is 4.87. The molecule has 0 bridgehead atoms. The Balaban J connectivity index is 0.00000264. The van der Waals surface area contributed by atoms with Crippen molar-refractivity contribution in [2.75, 3.05) is 20.8 Å². The highest BCUT2D eigenvalue weighted by Crippen LogP contribution is 2.36. The summed E-state index contributed by atoms with van der Waals surface area (Å²) in [4.78, 5) is 0. The molecular formula is C17H20BrCl2NO2. The SMILES string of the molecule is COc1cc(CNCCc2ccc(Cl)cc2)cc(Br)c1OC.Cl. The van der Waals surface area contributed by atoms with E-state index < -0.39 is 0 Å². The number of hydrogen-bond donors (Lipinski definition) is 1. The highest BCUT2D eigenvalue weighted by molar-refractivity contribution is 9.10. The van der Waals surface area contributed by atoms with E-state index in [2.05, 4.69) is 33.4 Å². The standard InChI is InChI=1S/C17H19BrClNO2.ClH/c1-21-16-10-13(9-15(18)17(16)22-2)11-20-8-7-12-3-5-14(19)6-4-12;/h3-6,9-10,20H,7-8,11H2,1-2H3;1H. The molecule has 0 radical (unpaired) electrons. The van der Waals surface area contributed by atoms with Crippen molar-refractivity contribution in [1.82, 2.24) is 5.32 Å². The van der Waals surface area contributed by atoms with Crippen LogP contribution in [0.1, 0.15) is 11.1 Å². The lowest BCUT2D eigenvalue weighted by Crippen LogP contribution is -2.16. The van der Waals surface area contributed by atoms with Gasteiger partial charge in [0.2, 0.25) is 0 Å². The van der Waals surface area contributed by atoms with Crippen LogP contribution in [0.25, 0.3) is 0 Å². The summed E-state index contributed by atoms with van der Waals surface area (Å²) in [7, 11) is 3.27. The van der Waals surface area contributed by atoms with E-state index in [1.807, 2.05) is 24.3 Å². The highest BCUT2D eigenvalue weighted by atomic mass is 79.9. The van der Waals surface area contributed by atoms with Gasteiger partial charge in [0.05, 0.1) is 18.7 Å². The Kier molecular flexibility index (Phi) is 8.77. The lowest BCUT2D eigenvalue weighted by Gasteiger charge is -2.12. The zero-order valence-electron chi connectivity index (χ0n) is 13.1. The summed E-state index contributed by atoms with van der Waals surface area (Å²) in [6, 6.07) is 12.0. The van der Waals surface area contributed by atoms with Crippen LogP contribution in [0.15, 0.2) is 40.9 Å². The molecule has 2 rings (SSSR count). The van der Waals surface area contributed by atoms with E-state index in [1.54, 1.807) is 14.2 Å². The fourth-order valence-corrected chi connectivity index (χ4v) is 2.97. The van der Waals surface area contributed by atoms with E-state index in [0.717, 1.165) is 40.3 Å². The molecule has 6 heteroatoms. The maximum atomic E-state index is 5.88. The third-order valence-corrected chi connectivity index (χ3v) is 4.17. The molecule has 0 fully saturated rings. The Morgan fingerprint density at radius 2 is 1.74 bits per heavy atom. The quantitative estimate of drug-likeness (QED) is 0.648. The van der Waals surface area contributed by atoms with Crippen molar-refractivity contribution in [3.63, 3.8) is 0 Å². The Labute approximate surface area is 156 Å². The summed E-state index contributed by atoms with van der Waals surface area (Å²) in [5, 5.41) is 4.20. The van der Waals surface area contributed by atoms with Gasteiger partial charge in [0, 0.05) is 11.6 Å². The van der Waals surface area contributed by atoms with Crippen LogP contribution in [-0.2, 0) is 13.0 Å². The summed E-state index contributed by atoms with van der Waals surface area (Å²) in [6.07, 6.45) is 0.964. The third kappa shape index (κ3) is 5.88. The highest BCUT2D eigenvalue weighted by Gasteiger charge is 2.10. The van der Waals surface area contributed by atoms with Crippen molar-refractivity contribution in [1.29, 1.82) is 0 Å². The Hall–Kier alpha value is -0.940. The summed E-state index contributed by atoms with van der Waals surface area (Å²) >= 11 is 9.39. The third-order valence-electron chi connectivity index (χ3n) is 3.33. The molecule has 3 nitrogen and oxygen atoms in total. The number of rotatable bonds is 7. The van der Waals surface area contributed by atoms with Gasteiger partial charge in [0.25, 0.3) is 0 Å². The summed E-state index contributed by atoms with van der Waals surface area (Å²) in [6.45, 7) is 1.67. The molecule has 0 saturated carbocycles. The predicted octanol–water partition coefficient (Wildman–Crippen LogP) is 4.87. The lowest BCUT2D eigenvalue weighted by atomic mass is 10.1. The van der Waals surface area contributed by atoms with Crippen LogP contribution >= 0.6 is 39.9 Å². The van der Waals surface area contributed by atoms with Crippen molar-refractivity contribution in [2.45, 2.75) is 13.0 Å². The van der Waals surface area contributed by atoms with Gasteiger partial charge in [-0.3, -0.25) is 0 Å². The minimum absolute atomic E-state index is 0. The molecule has 23 heavy (non-hydrogen) atoms. The molecule has 1 N–H and O–H groups in total. The van der Waals surface area contributed by atoms with Gasteiger partial charge in [-0.15, -0.1) is 12.4 Å². The second kappa shape index (κ2) is 10.0. The van der Waals surface area contributed by atoms with Crippen LogP contribution in [0.2, 0.25) is 5.02 Å². The van der Waals surface area contributed by atoms with Crippen molar-refractivity contribution in [3.05, 3.63) is 57.0 Å². The first-order valence-electron chi connectivity index (χ1n) is 6.99. The van der Waals surface area contributed by atoms with Gasteiger partial charge in [-0.25, -0.2) is 0 Å². The number of benzene rings is 2. The van der Waals surface area contributed by atoms with E-state index in [0.29, 0.717) is 5.75 Å². The fraction of sp³-hybridized carbons (Fsp3) is 0.294. The van der Waals surface area contributed by atoms with Crippen molar-refractivity contribution >= 4 is 39.9 Å². The zero-order valence-corrected chi connectivity index (χ0v) is 16.2. The number of halogens is 3. The molecule has 0 aliphatic heterocycles. The number of hydrogen-bond acceptors (Lipinski definition) is 3. The largest absolute Gasteiger partial charge is 0.493 e. The average Bonchev–Trinajstić information content (AvgIpc) is 2.52. The van der Waals surface area contributed by atoms with Crippen LogP contribution < -0.4 is 14.8 Å². The van der Waals surface area contributed by atoms with Crippen LogP contribution in [0.5, 0.6) is 11.5 Å². The Bertz CT molecular complexity index is 621. The van der Waals surface area contributed by atoms with Gasteiger partial charge in [0.1, 0.15) is 0 Å². The Morgan fingerprint density at radius 3 is 2.35 bits per heavy atom. The second-order valence-corrected chi connectivity index (χ2v) is 6.16. The minimum Gasteiger partial charge on any atom is -0.493 e. The predicted molar refractivity (Wildman–Crippen MR) is 101 cm³/mol. The first kappa shape index (κ1) is 20.1. The van der Waals surface area contributed by atoms with Crippen molar-refractivity contribution < 1.29 is 9.47 Å². The van der Waals surface area contributed by atoms with E-state index in [1.165, 1.54) is 5.56 Å². The van der Waals surface area contributed by atoms with Crippen LogP contribution in [-0.4, -0.2) is 20.8 Å². The first-order valence-corrected chi connectivity index (χ1v) is 8.16. The van der Waals surface area contributed by atoms with Gasteiger partial charge in [-0.1, -0.05) is 23.7 Å². The molecule has 0 spiro atoms. The van der Waals surface area contributed by atoms with Gasteiger partial charge in [0.15, 0.2) is 11.5 Å². The maximum Gasteiger partial charge on any atom is 0.174 e. The minimum atomic E-state index is 0. The van der Waals surface area contributed by atoms with E-state index in [9.17, 15) is 0 Å². The monoisotopic (exact) mass is 419 g/mol. The number of nitrogens with one attached hydrogen (secondary N) is 1. The smallest absolute Gasteiger partial charge is 0.174 e. The molecular weight excluding hydrogens is 401 g/mol. The molecule has 0 heterocycles. The van der Waals surface area contributed by atoms with Crippen molar-refractivity contribution in [3.8, 4) is 11.5 Å². The topological polar surface area (TPSA) is 30.5 Å². The van der Waals surface area contributed by atoms with Gasteiger partial charge in [-0.2, -0.15) is 0 Å². The van der Waals surface area contributed by atoms with Gasteiger partial charge in [-0.05, 0) is 64.3 Å². The normalized spacial score (nSPS) is 10.1. The van der Waals surface area contributed by atoms with Crippen molar-refractivity contribution in [2.24, 2.45) is 0 Å². The van der Waals surface area contributed by atoms with Gasteiger partial charge < -0.3 is 14.8 Å². The molecule has 2 aromatic carbocycles. The van der Waals surface area contributed by atoms with Crippen LogP contribution in [0, 0.1) is 0 Å². The molecule has 0 atom stereocenters. The Morgan fingerprint density at radius 1 is 1.04 bits per heavy atom. The molecule has 0 aromatic heterocycles. The molecule has 0 amide bonds. The van der Waals surface area contributed by atoms with Crippen LogP contribution in [0.3, 0.4) is 0 Å². The molecule has 126 valence electrons. The summed E-state index contributed by atoms with van der Waals surface area (Å²) in [5.74, 6) is 1.44. The van der Waals surface area contributed by atoms with Gasteiger partial charge >= 0.3 is 0 Å². The molecule has 0 unspecified atom stereocenters. The lowest BCUT2D eigenvalue weighted by molar-refractivity contribution is 0.352. The van der Waals surface area contributed by atoms with E-state index in [-0.39, 0.29) is 12.4 Å². The number of methoxy groups -OCH3 is 2. The molecule has 2 aromatic rings.